The van der Waals surface area contributed by atoms with Gasteiger partial charge in [-0.3, -0.25) is 9.59 Å². The summed E-state index contributed by atoms with van der Waals surface area (Å²) in [6.07, 6.45) is 1.73. The Labute approximate surface area is 198 Å². The summed E-state index contributed by atoms with van der Waals surface area (Å²) in [4.78, 5) is 24.2. The zero-order valence-electron chi connectivity index (χ0n) is 19.4. The Hall–Kier alpha value is -4.13. The Balaban J connectivity index is 1.31. The molecule has 174 valence electrons. The molecule has 0 atom stereocenters. The molecule has 0 spiro atoms. The van der Waals surface area contributed by atoms with Crippen LogP contribution < -0.4 is 15.5 Å². The number of anilines is 1. The van der Waals surface area contributed by atoms with Gasteiger partial charge in [0.1, 0.15) is 5.75 Å². The Bertz CT molecular complexity index is 1340. The molecule has 1 aromatic heterocycles. The first-order valence-electron chi connectivity index (χ1n) is 11.4. The molecule has 7 nitrogen and oxygen atoms in total. The number of amides is 2. The fraction of sp³-hybridized carbons (Fsp3) is 0.222. The van der Waals surface area contributed by atoms with Gasteiger partial charge in [-0.2, -0.15) is 5.10 Å². The fourth-order valence-corrected chi connectivity index (χ4v) is 3.98. The second-order valence-electron chi connectivity index (χ2n) is 7.84. The van der Waals surface area contributed by atoms with Gasteiger partial charge in [0.2, 0.25) is 11.8 Å². The number of hydrogen-bond donors (Lipinski definition) is 2. The molecule has 0 bridgehead atoms. The smallest absolute Gasteiger partial charge is 0.240 e. The number of nitrogens with zero attached hydrogens (tertiary/aromatic N) is 2. The third-order valence-electron chi connectivity index (χ3n) is 5.54. The van der Waals surface area contributed by atoms with E-state index in [1.165, 1.54) is 16.4 Å². The first kappa shape index (κ1) is 23.0. The number of rotatable bonds is 9. The summed E-state index contributed by atoms with van der Waals surface area (Å²) in [7, 11) is 0. The third-order valence-corrected chi connectivity index (χ3v) is 5.54. The van der Waals surface area contributed by atoms with Gasteiger partial charge in [-0.05, 0) is 61.9 Å². The van der Waals surface area contributed by atoms with Crippen molar-refractivity contribution >= 4 is 45.5 Å². The van der Waals surface area contributed by atoms with Crippen molar-refractivity contribution in [2.24, 2.45) is 5.10 Å². The number of aryl methyl sites for hydroxylation is 1. The standard InChI is InChI=1S/C27H28N4O3/c1-3-31-24-8-6-5-7-22(24)23-17-19(9-14-25(23)31)18-28-30-27(33)16-15-26(32)29-20-10-12-21(13-11-20)34-4-2/h5-14,17-18H,3-4,15-16H2,1-2H3,(H,29,32)(H,30,33). The Morgan fingerprint density at radius 1 is 0.912 bits per heavy atom. The second kappa shape index (κ2) is 10.7. The van der Waals surface area contributed by atoms with E-state index in [0.717, 1.165) is 23.2 Å². The van der Waals surface area contributed by atoms with Crippen molar-refractivity contribution in [1.82, 2.24) is 9.99 Å². The molecule has 2 amide bonds. The molecule has 7 heteroatoms. The van der Waals surface area contributed by atoms with Gasteiger partial charge >= 0.3 is 0 Å². The molecule has 4 rings (SSSR count). The predicted molar refractivity (Wildman–Crippen MR) is 136 cm³/mol. The minimum absolute atomic E-state index is 0.0449. The number of ether oxygens (including phenoxy) is 1. The molecule has 0 radical (unpaired) electrons. The molecule has 0 fully saturated rings. The van der Waals surface area contributed by atoms with Gasteiger partial charge in [0.15, 0.2) is 0 Å². The van der Waals surface area contributed by atoms with Crippen LogP contribution in [0.4, 0.5) is 5.69 Å². The van der Waals surface area contributed by atoms with Crippen molar-refractivity contribution in [2.75, 3.05) is 11.9 Å². The lowest BCUT2D eigenvalue weighted by Crippen LogP contribution is -2.20. The first-order valence-corrected chi connectivity index (χ1v) is 11.4. The van der Waals surface area contributed by atoms with Gasteiger partial charge in [0, 0.05) is 46.9 Å². The van der Waals surface area contributed by atoms with Crippen LogP contribution in [0.15, 0.2) is 71.8 Å². The van der Waals surface area contributed by atoms with Crippen LogP contribution >= 0.6 is 0 Å². The number of hydrazone groups is 1. The van der Waals surface area contributed by atoms with E-state index in [9.17, 15) is 9.59 Å². The highest BCUT2D eigenvalue weighted by molar-refractivity contribution is 6.09. The summed E-state index contributed by atoms with van der Waals surface area (Å²) in [5.74, 6) is 0.191. The van der Waals surface area contributed by atoms with Gasteiger partial charge in [-0.15, -0.1) is 0 Å². The molecule has 0 aliphatic rings. The molecule has 34 heavy (non-hydrogen) atoms. The topological polar surface area (TPSA) is 84.7 Å². The molecular weight excluding hydrogens is 428 g/mol. The van der Waals surface area contributed by atoms with Crippen molar-refractivity contribution in [1.29, 1.82) is 0 Å². The molecule has 0 unspecified atom stereocenters. The highest BCUT2D eigenvalue weighted by atomic mass is 16.5. The van der Waals surface area contributed by atoms with E-state index < -0.39 is 0 Å². The number of hydrogen-bond acceptors (Lipinski definition) is 4. The van der Waals surface area contributed by atoms with E-state index in [2.05, 4.69) is 51.6 Å². The van der Waals surface area contributed by atoms with Gasteiger partial charge < -0.3 is 14.6 Å². The number of aromatic nitrogens is 1. The molecule has 4 aromatic rings. The molecule has 0 aliphatic carbocycles. The van der Waals surface area contributed by atoms with Crippen molar-refractivity contribution < 1.29 is 14.3 Å². The second-order valence-corrected chi connectivity index (χ2v) is 7.84. The summed E-state index contributed by atoms with van der Waals surface area (Å²) in [6.45, 7) is 5.52. The monoisotopic (exact) mass is 456 g/mol. The van der Waals surface area contributed by atoms with E-state index in [-0.39, 0.29) is 24.7 Å². The van der Waals surface area contributed by atoms with E-state index in [4.69, 9.17) is 4.74 Å². The van der Waals surface area contributed by atoms with Crippen molar-refractivity contribution in [3.05, 3.63) is 72.3 Å². The molecule has 0 saturated carbocycles. The lowest BCUT2D eigenvalue weighted by molar-refractivity contribution is -0.124. The SMILES string of the molecule is CCOc1ccc(NC(=O)CCC(=O)NN=Cc2ccc3c(c2)c2ccccc2n3CC)cc1. The summed E-state index contributed by atoms with van der Waals surface area (Å²) in [5, 5.41) is 9.18. The van der Waals surface area contributed by atoms with Crippen molar-refractivity contribution in [2.45, 2.75) is 33.2 Å². The number of benzene rings is 3. The van der Waals surface area contributed by atoms with Crippen LogP contribution in [0.3, 0.4) is 0 Å². The van der Waals surface area contributed by atoms with Crippen LogP contribution in [0, 0.1) is 0 Å². The van der Waals surface area contributed by atoms with Crippen molar-refractivity contribution in [3.63, 3.8) is 0 Å². The minimum atomic E-state index is -0.318. The maximum atomic E-state index is 12.1. The molecule has 0 saturated heterocycles. The van der Waals surface area contributed by atoms with Crippen LogP contribution in [0.1, 0.15) is 32.3 Å². The van der Waals surface area contributed by atoms with Gasteiger partial charge in [0.05, 0.1) is 12.8 Å². The van der Waals surface area contributed by atoms with E-state index in [1.54, 1.807) is 30.5 Å². The van der Waals surface area contributed by atoms with E-state index in [0.29, 0.717) is 12.3 Å². The Morgan fingerprint density at radius 3 is 2.41 bits per heavy atom. The predicted octanol–water partition coefficient (Wildman–Crippen LogP) is 5.08. The average molecular weight is 457 g/mol. The Kier molecular flexibility index (Phi) is 7.22. The van der Waals surface area contributed by atoms with Crippen LogP contribution in [0.2, 0.25) is 0 Å². The summed E-state index contributed by atoms with van der Waals surface area (Å²) in [6, 6.07) is 21.6. The highest BCUT2D eigenvalue weighted by Crippen LogP contribution is 2.29. The van der Waals surface area contributed by atoms with Crippen molar-refractivity contribution in [3.8, 4) is 5.75 Å². The zero-order valence-corrected chi connectivity index (χ0v) is 19.4. The quantitative estimate of drug-likeness (QED) is 0.272. The number of carbonyl (C=O) groups excluding carboxylic acids is 2. The minimum Gasteiger partial charge on any atom is -0.494 e. The Morgan fingerprint density at radius 2 is 1.65 bits per heavy atom. The highest BCUT2D eigenvalue weighted by Gasteiger charge is 2.10. The number of carbonyl (C=O) groups is 2. The first-order chi connectivity index (χ1) is 16.6. The normalized spacial score (nSPS) is 11.2. The van der Waals surface area contributed by atoms with Gasteiger partial charge in [-0.1, -0.05) is 24.3 Å². The van der Waals surface area contributed by atoms with Crippen LogP contribution in [0.25, 0.3) is 21.8 Å². The van der Waals surface area contributed by atoms with E-state index >= 15 is 0 Å². The molecular formula is C27H28N4O3. The zero-order chi connectivity index (χ0) is 23.9. The number of nitrogens with one attached hydrogen (secondary N) is 2. The average Bonchev–Trinajstić information content (AvgIpc) is 3.17. The third kappa shape index (κ3) is 5.26. The van der Waals surface area contributed by atoms with Gasteiger partial charge in [-0.25, -0.2) is 5.43 Å². The molecule has 0 aliphatic heterocycles. The lowest BCUT2D eigenvalue weighted by atomic mass is 10.1. The largest absolute Gasteiger partial charge is 0.494 e. The molecule has 3 aromatic carbocycles. The summed E-state index contributed by atoms with van der Waals surface area (Å²) >= 11 is 0. The van der Waals surface area contributed by atoms with Crippen LogP contribution in [-0.2, 0) is 16.1 Å². The maximum absolute atomic E-state index is 12.1. The summed E-state index contributed by atoms with van der Waals surface area (Å²) in [5.41, 5.74) is 6.42. The summed E-state index contributed by atoms with van der Waals surface area (Å²) < 4.78 is 7.66. The van der Waals surface area contributed by atoms with Gasteiger partial charge in [0.25, 0.3) is 0 Å². The van der Waals surface area contributed by atoms with E-state index in [1.807, 2.05) is 25.1 Å². The number of fused-ring (bicyclic) bond motifs is 3. The molecule has 2 N–H and O–H groups in total. The fourth-order valence-electron chi connectivity index (χ4n) is 3.98. The lowest BCUT2D eigenvalue weighted by Gasteiger charge is -2.07. The van der Waals surface area contributed by atoms with Crippen LogP contribution in [-0.4, -0.2) is 29.2 Å². The maximum Gasteiger partial charge on any atom is 0.240 e. The number of para-hydroxylation sites is 1. The molecule has 1 heterocycles. The van der Waals surface area contributed by atoms with Crippen LogP contribution in [0.5, 0.6) is 5.75 Å².